The minimum Gasteiger partial charge on any atom is -0.314 e. The molecule has 0 spiro atoms. The largest absolute Gasteiger partial charge is 0.314 e. The lowest BCUT2D eigenvalue weighted by atomic mass is 9.63. The lowest BCUT2D eigenvalue weighted by molar-refractivity contribution is 0.0746. The summed E-state index contributed by atoms with van der Waals surface area (Å²) in [5.41, 5.74) is 0.498. The Labute approximate surface area is 115 Å². The fraction of sp³-hybridized carbons (Fsp3) is 1.00. The van der Waals surface area contributed by atoms with Crippen LogP contribution in [0, 0.1) is 17.8 Å². The van der Waals surface area contributed by atoms with Crippen LogP contribution in [0.4, 0.5) is 0 Å². The summed E-state index contributed by atoms with van der Waals surface area (Å²) in [7, 11) is 2.15. The standard InChI is InChI=1S/C17H35N/c1-6-9-14(3)15(4)10-8-11-16-12-13-17(16,7-2)18-5/h14-16,18H,6-13H2,1-5H3/t14-,15-,16+,17?/m0/s1. The van der Waals surface area contributed by atoms with E-state index in [1.165, 1.54) is 51.4 Å². The van der Waals surface area contributed by atoms with E-state index in [0.717, 1.165) is 17.8 Å². The van der Waals surface area contributed by atoms with Crippen LogP contribution in [0.5, 0.6) is 0 Å². The van der Waals surface area contributed by atoms with Crippen molar-refractivity contribution in [3.8, 4) is 0 Å². The molecule has 0 heterocycles. The summed E-state index contributed by atoms with van der Waals surface area (Å²) in [4.78, 5) is 0. The van der Waals surface area contributed by atoms with Crippen LogP contribution in [0.15, 0.2) is 0 Å². The molecule has 0 aliphatic heterocycles. The quantitative estimate of drug-likeness (QED) is 0.609. The summed E-state index contributed by atoms with van der Waals surface area (Å²) in [6.07, 6.45) is 11.2. The maximum Gasteiger partial charge on any atom is 0.0204 e. The molecule has 0 radical (unpaired) electrons. The average molecular weight is 253 g/mol. The van der Waals surface area contributed by atoms with Crippen LogP contribution in [0.2, 0.25) is 0 Å². The van der Waals surface area contributed by atoms with Crippen molar-refractivity contribution in [3.63, 3.8) is 0 Å². The number of nitrogens with one attached hydrogen (secondary N) is 1. The molecule has 0 bridgehead atoms. The van der Waals surface area contributed by atoms with Gasteiger partial charge in [0.05, 0.1) is 0 Å². The van der Waals surface area contributed by atoms with E-state index in [1.54, 1.807) is 0 Å². The van der Waals surface area contributed by atoms with Crippen molar-refractivity contribution in [2.24, 2.45) is 17.8 Å². The van der Waals surface area contributed by atoms with Crippen LogP contribution in [0.1, 0.15) is 79.1 Å². The molecule has 1 rings (SSSR count). The Morgan fingerprint density at radius 2 is 1.83 bits per heavy atom. The minimum atomic E-state index is 0.498. The minimum absolute atomic E-state index is 0.498. The Balaban J connectivity index is 2.22. The SMILES string of the molecule is CCC[C@H](C)[C@@H](C)CCC[C@@H]1CCC1(CC)NC. The van der Waals surface area contributed by atoms with E-state index in [2.05, 4.69) is 40.1 Å². The number of rotatable bonds is 9. The van der Waals surface area contributed by atoms with Crippen molar-refractivity contribution < 1.29 is 0 Å². The van der Waals surface area contributed by atoms with Gasteiger partial charge < -0.3 is 5.32 Å². The van der Waals surface area contributed by atoms with Gasteiger partial charge in [0.2, 0.25) is 0 Å². The Morgan fingerprint density at radius 3 is 2.28 bits per heavy atom. The zero-order valence-electron chi connectivity index (χ0n) is 13.4. The fourth-order valence-corrected chi connectivity index (χ4v) is 3.80. The topological polar surface area (TPSA) is 12.0 Å². The van der Waals surface area contributed by atoms with E-state index in [0.29, 0.717) is 5.54 Å². The normalized spacial score (nSPS) is 30.8. The van der Waals surface area contributed by atoms with Gasteiger partial charge in [-0.3, -0.25) is 0 Å². The molecule has 1 aliphatic carbocycles. The van der Waals surface area contributed by atoms with Gasteiger partial charge in [-0.1, -0.05) is 53.4 Å². The highest BCUT2D eigenvalue weighted by Crippen LogP contribution is 2.44. The molecule has 18 heavy (non-hydrogen) atoms. The molecular formula is C17H35N. The van der Waals surface area contributed by atoms with Crippen molar-refractivity contribution in [1.29, 1.82) is 0 Å². The number of hydrogen-bond donors (Lipinski definition) is 1. The number of hydrogen-bond acceptors (Lipinski definition) is 1. The van der Waals surface area contributed by atoms with Gasteiger partial charge in [-0.25, -0.2) is 0 Å². The molecule has 0 aromatic carbocycles. The summed E-state index contributed by atoms with van der Waals surface area (Å²) >= 11 is 0. The average Bonchev–Trinajstić information content (AvgIpc) is 2.35. The highest BCUT2D eigenvalue weighted by Gasteiger charge is 2.43. The van der Waals surface area contributed by atoms with Crippen LogP contribution in [0.3, 0.4) is 0 Å². The Morgan fingerprint density at radius 1 is 1.17 bits per heavy atom. The summed E-state index contributed by atoms with van der Waals surface area (Å²) in [5.74, 6) is 2.77. The molecule has 1 fully saturated rings. The lowest BCUT2D eigenvalue weighted by Gasteiger charge is -2.50. The summed E-state index contributed by atoms with van der Waals surface area (Å²) in [6, 6.07) is 0. The van der Waals surface area contributed by atoms with Gasteiger partial charge in [-0.05, 0) is 50.5 Å². The van der Waals surface area contributed by atoms with E-state index in [1.807, 2.05) is 0 Å². The molecule has 1 nitrogen and oxygen atoms in total. The van der Waals surface area contributed by atoms with Gasteiger partial charge in [-0.15, -0.1) is 0 Å². The van der Waals surface area contributed by atoms with Crippen LogP contribution in [0.25, 0.3) is 0 Å². The third kappa shape index (κ3) is 3.73. The predicted molar refractivity (Wildman–Crippen MR) is 81.9 cm³/mol. The first kappa shape index (κ1) is 16.0. The Hall–Kier alpha value is -0.0400. The molecule has 1 saturated carbocycles. The fourth-order valence-electron chi connectivity index (χ4n) is 3.80. The highest BCUT2D eigenvalue weighted by atomic mass is 15.0. The van der Waals surface area contributed by atoms with E-state index in [9.17, 15) is 0 Å². The molecule has 4 atom stereocenters. The van der Waals surface area contributed by atoms with Crippen molar-refractivity contribution >= 4 is 0 Å². The zero-order valence-corrected chi connectivity index (χ0v) is 13.4. The Bertz CT molecular complexity index is 214. The first-order valence-electron chi connectivity index (χ1n) is 8.28. The van der Waals surface area contributed by atoms with Crippen LogP contribution in [-0.2, 0) is 0 Å². The molecule has 1 N–H and O–H groups in total. The van der Waals surface area contributed by atoms with Crippen molar-refractivity contribution in [3.05, 3.63) is 0 Å². The van der Waals surface area contributed by atoms with Gasteiger partial charge in [0.1, 0.15) is 0 Å². The molecule has 0 aromatic heterocycles. The zero-order chi connectivity index (χ0) is 13.6. The van der Waals surface area contributed by atoms with Gasteiger partial charge in [0.25, 0.3) is 0 Å². The molecule has 0 saturated heterocycles. The van der Waals surface area contributed by atoms with E-state index in [-0.39, 0.29) is 0 Å². The second kappa shape index (κ2) is 7.53. The predicted octanol–water partition coefficient (Wildman–Crippen LogP) is 5.01. The molecule has 1 heteroatoms. The van der Waals surface area contributed by atoms with E-state index < -0.39 is 0 Å². The molecule has 1 unspecified atom stereocenters. The smallest absolute Gasteiger partial charge is 0.0204 e. The third-order valence-electron chi connectivity index (χ3n) is 5.78. The van der Waals surface area contributed by atoms with Crippen LogP contribution >= 0.6 is 0 Å². The second-order valence-corrected chi connectivity index (χ2v) is 6.67. The first-order chi connectivity index (χ1) is 8.59. The van der Waals surface area contributed by atoms with Crippen molar-refractivity contribution in [1.82, 2.24) is 5.32 Å². The monoisotopic (exact) mass is 253 g/mol. The molecular weight excluding hydrogens is 218 g/mol. The molecule has 108 valence electrons. The van der Waals surface area contributed by atoms with Crippen molar-refractivity contribution in [2.45, 2.75) is 84.6 Å². The Kier molecular flexibility index (Phi) is 6.70. The summed E-state index contributed by atoms with van der Waals surface area (Å²) in [6.45, 7) is 9.53. The molecule has 0 aromatic rings. The molecule has 1 aliphatic rings. The highest BCUT2D eigenvalue weighted by molar-refractivity contribution is 5.01. The van der Waals surface area contributed by atoms with Gasteiger partial charge in [-0.2, -0.15) is 0 Å². The first-order valence-corrected chi connectivity index (χ1v) is 8.28. The van der Waals surface area contributed by atoms with Gasteiger partial charge in [0, 0.05) is 5.54 Å². The van der Waals surface area contributed by atoms with Crippen molar-refractivity contribution in [2.75, 3.05) is 7.05 Å². The van der Waals surface area contributed by atoms with E-state index >= 15 is 0 Å². The maximum absolute atomic E-state index is 3.60. The van der Waals surface area contributed by atoms with E-state index in [4.69, 9.17) is 0 Å². The van der Waals surface area contributed by atoms with Gasteiger partial charge in [0.15, 0.2) is 0 Å². The second-order valence-electron chi connectivity index (χ2n) is 6.67. The van der Waals surface area contributed by atoms with Crippen LogP contribution < -0.4 is 5.32 Å². The lowest BCUT2D eigenvalue weighted by Crippen LogP contribution is -2.56. The maximum atomic E-state index is 3.60. The summed E-state index contributed by atoms with van der Waals surface area (Å²) < 4.78 is 0. The molecule has 0 amide bonds. The van der Waals surface area contributed by atoms with Crippen LogP contribution in [-0.4, -0.2) is 12.6 Å². The summed E-state index contributed by atoms with van der Waals surface area (Å²) in [5, 5.41) is 3.60. The third-order valence-corrected chi connectivity index (χ3v) is 5.78. The van der Waals surface area contributed by atoms with Gasteiger partial charge >= 0.3 is 0 Å².